The van der Waals surface area contributed by atoms with Crippen molar-refractivity contribution in [3.8, 4) is 0 Å². The van der Waals surface area contributed by atoms with Gasteiger partial charge in [0.2, 0.25) is 17.2 Å². The highest BCUT2D eigenvalue weighted by Gasteiger charge is 2.03. The van der Waals surface area contributed by atoms with Gasteiger partial charge in [-0.3, -0.25) is 0 Å². The predicted octanol–water partition coefficient (Wildman–Crippen LogP) is 1.48. The number of rotatable bonds is 3. The van der Waals surface area contributed by atoms with Crippen molar-refractivity contribution in [1.29, 1.82) is 0 Å². The fourth-order valence-electron chi connectivity index (χ4n) is 1.08. The quantitative estimate of drug-likeness (QED) is 0.865. The highest BCUT2D eigenvalue weighted by molar-refractivity contribution is 7.09. The average Bonchev–Trinajstić information content (AvgIpc) is 2.60. The molecule has 0 spiro atoms. The number of nitrogens with two attached hydrogens (primary N) is 1. The van der Waals surface area contributed by atoms with Crippen LogP contribution in [0.25, 0.3) is 0 Å². The van der Waals surface area contributed by atoms with Crippen molar-refractivity contribution in [2.45, 2.75) is 13.5 Å². The van der Waals surface area contributed by atoms with Gasteiger partial charge in [-0.05, 0) is 18.5 Å². The van der Waals surface area contributed by atoms with Crippen molar-refractivity contribution < 1.29 is 0 Å². The van der Waals surface area contributed by atoms with E-state index in [0.717, 1.165) is 10.7 Å². The normalized spacial score (nSPS) is 10.4. The lowest BCUT2D eigenvalue weighted by atomic mass is 10.6. The zero-order valence-electron chi connectivity index (χ0n) is 8.44. The van der Waals surface area contributed by atoms with Gasteiger partial charge in [0, 0.05) is 11.1 Å². The van der Waals surface area contributed by atoms with E-state index in [1.54, 1.807) is 11.3 Å². The van der Waals surface area contributed by atoms with Gasteiger partial charge in [0.1, 0.15) is 5.01 Å². The Morgan fingerprint density at radius 2 is 2.19 bits per heavy atom. The van der Waals surface area contributed by atoms with Crippen LogP contribution < -0.4 is 11.1 Å². The molecule has 0 saturated carbocycles. The lowest BCUT2D eigenvalue weighted by Crippen LogP contribution is -2.06. The van der Waals surface area contributed by atoms with Crippen molar-refractivity contribution in [1.82, 2.24) is 19.9 Å². The van der Waals surface area contributed by atoms with E-state index in [9.17, 15) is 0 Å². The Bertz CT molecular complexity index is 479. The van der Waals surface area contributed by atoms with Crippen molar-refractivity contribution >= 4 is 34.8 Å². The Morgan fingerprint density at radius 3 is 2.81 bits per heavy atom. The van der Waals surface area contributed by atoms with E-state index in [1.165, 1.54) is 0 Å². The Balaban J connectivity index is 2.04. The first kappa shape index (κ1) is 11.0. The minimum atomic E-state index is 0.0744. The Morgan fingerprint density at radius 1 is 1.38 bits per heavy atom. The van der Waals surface area contributed by atoms with Gasteiger partial charge >= 0.3 is 0 Å². The number of hydrogen-bond donors (Lipinski definition) is 2. The Kier molecular flexibility index (Phi) is 3.16. The molecular formula is C8H9ClN6S. The summed E-state index contributed by atoms with van der Waals surface area (Å²) in [5.41, 5.74) is 6.43. The van der Waals surface area contributed by atoms with E-state index in [-0.39, 0.29) is 11.2 Å². The van der Waals surface area contributed by atoms with Crippen LogP contribution in [0.15, 0.2) is 5.38 Å². The molecule has 6 nitrogen and oxygen atoms in total. The van der Waals surface area contributed by atoms with Gasteiger partial charge in [0.25, 0.3) is 0 Å². The SMILES string of the molecule is Cc1csc(CNc2nc(N)nc(Cl)n2)n1. The van der Waals surface area contributed by atoms with Crippen LogP contribution in [0, 0.1) is 6.92 Å². The van der Waals surface area contributed by atoms with Crippen molar-refractivity contribution in [3.05, 3.63) is 21.4 Å². The molecule has 0 radical (unpaired) electrons. The molecule has 2 aromatic heterocycles. The highest BCUT2D eigenvalue weighted by atomic mass is 35.5. The molecule has 0 atom stereocenters. The molecule has 2 aromatic rings. The standard InChI is InChI=1S/C8H9ClN6S/c1-4-3-16-5(12-4)2-11-8-14-6(9)13-7(10)15-8/h3H,2H2,1H3,(H3,10,11,13,14,15). The summed E-state index contributed by atoms with van der Waals surface area (Å²) in [5, 5.41) is 5.98. The third kappa shape index (κ3) is 2.77. The van der Waals surface area contributed by atoms with Crippen LogP contribution in [0.2, 0.25) is 5.28 Å². The summed E-state index contributed by atoms with van der Waals surface area (Å²) in [7, 11) is 0. The van der Waals surface area contributed by atoms with Crippen LogP contribution in [0.1, 0.15) is 10.7 Å². The molecular weight excluding hydrogens is 248 g/mol. The monoisotopic (exact) mass is 256 g/mol. The minimum Gasteiger partial charge on any atom is -0.368 e. The third-order valence-corrected chi connectivity index (χ3v) is 2.83. The largest absolute Gasteiger partial charge is 0.368 e. The summed E-state index contributed by atoms with van der Waals surface area (Å²) in [6, 6.07) is 0. The van der Waals surface area contributed by atoms with Crippen LogP contribution in [0.5, 0.6) is 0 Å². The number of aryl methyl sites for hydroxylation is 1. The Hall–Kier alpha value is -1.47. The molecule has 3 N–H and O–H groups in total. The van der Waals surface area contributed by atoms with Crippen LogP contribution in [0.3, 0.4) is 0 Å². The van der Waals surface area contributed by atoms with Gasteiger partial charge in [-0.15, -0.1) is 11.3 Å². The number of nitrogens with zero attached hydrogens (tertiary/aromatic N) is 4. The number of nitrogens with one attached hydrogen (secondary N) is 1. The van der Waals surface area contributed by atoms with Crippen molar-refractivity contribution in [2.75, 3.05) is 11.1 Å². The average molecular weight is 257 g/mol. The van der Waals surface area contributed by atoms with Gasteiger partial charge in [-0.2, -0.15) is 15.0 Å². The van der Waals surface area contributed by atoms with E-state index in [2.05, 4.69) is 25.3 Å². The predicted molar refractivity (Wildman–Crippen MR) is 63.4 cm³/mol. The summed E-state index contributed by atoms with van der Waals surface area (Å²) in [6.45, 7) is 2.48. The zero-order valence-corrected chi connectivity index (χ0v) is 10.0. The summed E-state index contributed by atoms with van der Waals surface area (Å²) >= 11 is 7.21. The number of hydrogen-bond acceptors (Lipinski definition) is 7. The van der Waals surface area contributed by atoms with Gasteiger partial charge in [-0.25, -0.2) is 4.98 Å². The van der Waals surface area contributed by atoms with E-state index < -0.39 is 0 Å². The van der Waals surface area contributed by atoms with Gasteiger partial charge < -0.3 is 11.1 Å². The molecule has 0 amide bonds. The van der Waals surface area contributed by atoms with Crippen LogP contribution >= 0.6 is 22.9 Å². The summed E-state index contributed by atoms with van der Waals surface area (Å²) in [4.78, 5) is 15.7. The molecule has 0 unspecified atom stereocenters. The fourth-order valence-corrected chi connectivity index (χ4v) is 1.96. The number of nitrogen functional groups attached to an aromatic ring is 1. The molecule has 0 aliphatic rings. The minimum absolute atomic E-state index is 0.0744. The first-order valence-corrected chi connectivity index (χ1v) is 5.71. The first-order valence-electron chi connectivity index (χ1n) is 4.45. The molecule has 2 heterocycles. The molecule has 0 bridgehead atoms. The molecule has 0 fully saturated rings. The van der Waals surface area contributed by atoms with E-state index >= 15 is 0 Å². The second-order valence-corrected chi connectivity index (χ2v) is 4.30. The molecule has 8 heteroatoms. The first-order chi connectivity index (χ1) is 7.63. The second kappa shape index (κ2) is 4.58. The van der Waals surface area contributed by atoms with E-state index in [1.807, 2.05) is 12.3 Å². The summed E-state index contributed by atoms with van der Waals surface area (Å²) < 4.78 is 0. The van der Waals surface area contributed by atoms with Crippen LogP contribution in [-0.4, -0.2) is 19.9 Å². The van der Waals surface area contributed by atoms with Crippen LogP contribution in [0.4, 0.5) is 11.9 Å². The third-order valence-electron chi connectivity index (χ3n) is 1.69. The van der Waals surface area contributed by atoms with Gasteiger partial charge in [0.15, 0.2) is 0 Å². The van der Waals surface area contributed by atoms with Gasteiger partial charge in [0.05, 0.1) is 6.54 Å². The molecule has 0 aliphatic carbocycles. The molecule has 0 aliphatic heterocycles. The van der Waals surface area contributed by atoms with E-state index in [0.29, 0.717) is 12.5 Å². The second-order valence-electron chi connectivity index (χ2n) is 3.02. The fraction of sp³-hybridized carbons (Fsp3) is 0.250. The van der Waals surface area contributed by atoms with Crippen LogP contribution in [-0.2, 0) is 6.54 Å². The summed E-state index contributed by atoms with van der Waals surface area (Å²) in [5.74, 6) is 0.447. The maximum Gasteiger partial charge on any atom is 0.229 e. The number of thiazole rings is 1. The molecule has 2 rings (SSSR count). The number of anilines is 2. The number of aromatic nitrogens is 4. The number of halogens is 1. The maximum atomic E-state index is 5.64. The summed E-state index contributed by atoms with van der Waals surface area (Å²) in [6.07, 6.45) is 0. The lowest BCUT2D eigenvalue weighted by molar-refractivity contribution is 0.996. The van der Waals surface area contributed by atoms with Crippen molar-refractivity contribution in [3.63, 3.8) is 0 Å². The Labute approximate surface area is 101 Å². The molecule has 84 valence electrons. The van der Waals surface area contributed by atoms with E-state index in [4.69, 9.17) is 17.3 Å². The highest BCUT2D eigenvalue weighted by Crippen LogP contribution is 2.11. The molecule has 16 heavy (non-hydrogen) atoms. The topological polar surface area (TPSA) is 89.6 Å². The zero-order chi connectivity index (χ0) is 11.5. The molecule has 0 aromatic carbocycles. The smallest absolute Gasteiger partial charge is 0.229 e. The van der Waals surface area contributed by atoms with Crippen molar-refractivity contribution in [2.24, 2.45) is 0 Å². The maximum absolute atomic E-state index is 5.64. The van der Waals surface area contributed by atoms with Gasteiger partial charge in [-0.1, -0.05) is 0 Å². The lowest BCUT2D eigenvalue weighted by Gasteiger charge is -2.02. The molecule has 0 saturated heterocycles.